The molecule has 1 fully saturated rings. The number of aryl methyl sites for hydroxylation is 1. The first-order chi connectivity index (χ1) is 12.5. The van der Waals surface area contributed by atoms with Crippen LogP contribution in [-0.2, 0) is 16.0 Å². The van der Waals surface area contributed by atoms with Crippen LogP contribution in [0, 0.1) is 5.92 Å². The monoisotopic (exact) mass is 372 g/mol. The lowest BCUT2D eigenvalue weighted by Crippen LogP contribution is -2.40. The van der Waals surface area contributed by atoms with Gasteiger partial charge < -0.3 is 9.80 Å². The standard InChI is InChI=1S/C19H21ClN4O2/c1-12(13-4-6-15(20)7-5-13)24-11-14(9-18(24)25)19(26)23-8-2-3-16-17(23)10-21-22-16/h4-7,10,12,14H,2-3,8-9,11H2,1H3,(H,21,22)/t12-,14?/m0/s1. The number of fused-ring (bicyclic) bond motifs is 1. The summed E-state index contributed by atoms with van der Waals surface area (Å²) in [6, 6.07) is 7.42. The Kier molecular flexibility index (Phi) is 4.44. The molecule has 0 saturated carbocycles. The van der Waals surface area contributed by atoms with E-state index in [9.17, 15) is 9.59 Å². The molecule has 0 spiro atoms. The summed E-state index contributed by atoms with van der Waals surface area (Å²) in [5.41, 5.74) is 2.88. The van der Waals surface area contributed by atoms with Crippen LogP contribution in [0.2, 0.25) is 5.02 Å². The summed E-state index contributed by atoms with van der Waals surface area (Å²) in [5.74, 6) is -0.264. The first kappa shape index (κ1) is 17.1. The van der Waals surface area contributed by atoms with Crippen LogP contribution in [0.4, 0.5) is 5.69 Å². The summed E-state index contributed by atoms with van der Waals surface area (Å²) in [6.07, 6.45) is 3.78. The first-order valence-electron chi connectivity index (χ1n) is 8.93. The Morgan fingerprint density at radius 3 is 2.88 bits per heavy atom. The van der Waals surface area contributed by atoms with Crippen molar-refractivity contribution in [3.8, 4) is 0 Å². The molecule has 2 atom stereocenters. The lowest BCUT2D eigenvalue weighted by molar-refractivity contribution is -0.130. The number of likely N-dealkylation sites (tertiary alicyclic amines) is 1. The van der Waals surface area contributed by atoms with Gasteiger partial charge in [0.25, 0.3) is 0 Å². The average Bonchev–Trinajstić information content (AvgIpc) is 3.27. The summed E-state index contributed by atoms with van der Waals surface area (Å²) < 4.78 is 0. The van der Waals surface area contributed by atoms with E-state index in [2.05, 4.69) is 10.2 Å². The van der Waals surface area contributed by atoms with Gasteiger partial charge in [-0.25, -0.2) is 0 Å². The molecule has 2 amide bonds. The number of anilines is 1. The second kappa shape index (κ2) is 6.76. The number of hydrogen-bond donors (Lipinski definition) is 1. The summed E-state index contributed by atoms with van der Waals surface area (Å²) >= 11 is 5.95. The van der Waals surface area contributed by atoms with E-state index in [1.54, 1.807) is 16.0 Å². The zero-order valence-electron chi connectivity index (χ0n) is 14.6. The van der Waals surface area contributed by atoms with Crippen LogP contribution in [0.25, 0.3) is 0 Å². The molecule has 3 heterocycles. The van der Waals surface area contributed by atoms with Crippen LogP contribution in [0.15, 0.2) is 30.5 Å². The van der Waals surface area contributed by atoms with Crippen molar-refractivity contribution in [2.75, 3.05) is 18.0 Å². The second-order valence-electron chi connectivity index (χ2n) is 7.00. The molecular weight excluding hydrogens is 352 g/mol. The third-order valence-corrected chi connectivity index (χ3v) is 5.64. The molecular formula is C19H21ClN4O2. The van der Waals surface area contributed by atoms with Crippen molar-refractivity contribution in [1.82, 2.24) is 15.1 Å². The summed E-state index contributed by atoms with van der Waals surface area (Å²) in [7, 11) is 0. The molecule has 136 valence electrons. The van der Waals surface area contributed by atoms with E-state index in [0.29, 0.717) is 18.1 Å². The van der Waals surface area contributed by atoms with Gasteiger partial charge >= 0.3 is 0 Å². The normalized spacial score (nSPS) is 21.0. The van der Waals surface area contributed by atoms with Gasteiger partial charge in [-0.2, -0.15) is 5.10 Å². The Labute approximate surface area is 157 Å². The summed E-state index contributed by atoms with van der Waals surface area (Å²) in [6.45, 7) is 3.12. The van der Waals surface area contributed by atoms with Crippen molar-refractivity contribution in [2.45, 2.75) is 32.2 Å². The zero-order chi connectivity index (χ0) is 18.3. The molecule has 2 aromatic rings. The van der Waals surface area contributed by atoms with Crippen LogP contribution in [-0.4, -0.2) is 40.0 Å². The van der Waals surface area contributed by atoms with Gasteiger partial charge in [-0.1, -0.05) is 23.7 Å². The fraction of sp³-hybridized carbons (Fsp3) is 0.421. The van der Waals surface area contributed by atoms with Crippen LogP contribution in [0.3, 0.4) is 0 Å². The van der Waals surface area contributed by atoms with Crippen LogP contribution in [0.1, 0.15) is 37.1 Å². The predicted octanol–water partition coefficient (Wildman–Crippen LogP) is 2.95. The van der Waals surface area contributed by atoms with E-state index in [-0.39, 0.29) is 30.2 Å². The fourth-order valence-corrected chi connectivity index (χ4v) is 4.03. The minimum atomic E-state index is -0.307. The van der Waals surface area contributed by atoms with Crippen molar-refractivity contribution >= 4 is 29.1 Å². The quantitative estimate of drug-likeness (QED) is 0.900. The Balaban J connectivity index is 1.50. The number of H-pyrrole nitrogens is 1. The van der Waals surface area contributed by atoms with Crippen molar-refractivity contribution in [3.63, 3.8) is 0 Å². The zero-order valence-corrected chi connectivity index (χ0v) is 15.4. The molecule has 4 rings (SSSR count). The average molecular weight is 373 g/mol. The molecule has 26 heavy (non-hydrogen) atoms. The van der Waals surface area contributed by atoms with E-state index < -0.39 is 0 Å². The van der Waals surface area contributed by atoms with E-state index in [1.807, 2.05) is 31.2 Å². The molecule has 2 aliphatic rings. The number of amides is 2. The highest BCUT2D eigenvalue weighted by Gasteiger charge is 2.40. The van der Waals surface area contributed by atoms with Gasteiger partial charge in [-0.05, 0) is 37.5 Å². The fourth-order valence-electron chi connectivity index (χ4n) is 3.90. The molecule has 1 unspecified atom stereocenters. The molecule has 1 saturated heterocycles. The maximum atomic E-state index is 13.0. The van der Waals surface area contributed by atoms with Gasteiger partial charge in [-0.15, -0.1) is 0 Å². The molecule has 0 radical (unpaired) electrons. The minimum Gasteiger partial charge on any atom is -0.335 e. The second-order valence-corrected chi connectivity index (χ2v) is 7.44. The van der Waals surface area contributed by atoms with Crippen molar-refractivity contribution in [1.29, 1.82) is 0 Å². The molecule has 1 N–H and O–H groups in total. The first-order valence-corrected chi connectivity index (χ1v) is 9.31. The van der Waals surface area contributed by atoms with Crippen molar-refractivity contribution < 1.29 is 9.59 Å². The van der Waals surface area contributed by atoms with Gasteiger partial charge in [-0.3, -0.25) is 14.7 Å². The topological polar surface area (TPSA) is 69.3 Å². The summed E-state index contributed by atoms with van der Waals surface area (Å²) in [5, 5.41) is 7.69. The van der Waals surface area contributed by atoms with Crippen molar-refractivity contribution in [2.24, 2.45) is 5.92 Å². The van der Waals surface area contributed by atoms with E-state index in [1.165, 1.54) is 0 Å². The number of rotatable bonds is 3. The molecule has 1 aromatic carbocycles. The van der Waals surface area contributed by atoms with Crippen molar-refractivity contribution in [3.05, 3.63) is 46.7 Å². The van der Waals surface area contributed by atoms with Crippen LogP contribution >= 0.6 is 11.6 Å². The van der Waals surface area contributed by atoms with Gasteiger partial charge in [0.2, 0.25) is 11.8 Å². The number of benzene rings is 1. The van der Waals surface area contributed by atoms with E-state index >= 15 is 0 Å². The SMILES string of the molecule is C[C@@H](c1ccc(Cl)cc1)N1CC(C(=O)N2CCCc3[nH]ncc32)CC1=O. The lowest BCUT2D eigenvalue weighted by atomic mass is 10.0. The maximum absolute atomic E-state index is 13.0. The van der Waals surface area contributed by atoms with Gasteiger partial charge in [0.05, 0.1) is 29.5 Å². The Morgan fingerprint density at radius 2 is 2.12 bits per heavy atom. The Morgan fingerprint density at radius 1 is 1.35 bits per heavy atom. The highest BCUT2D eigenvalue weighted by molar-refractivity contribution is 6.30. The van der Waals surface area contributed by atoms with Crippen LogP contribution in [0.5, 0.6) is 0 Å². The molecule has 2 aliphatic heterocycles. The van der Waals surface area contributed by atoms with Gasteiger partial charge in [0.15, 0.2) is 0 Å². The third-order valence-electron chi connectivity index (χ3n) is 5.39. The smallest absolute Gasteiger partial charge is 0.232 e. The van der Waals surface area contributed by atoms with E-state index in [4.69, 9.17) is 11.6 Å². The highest BCUT2D eigenvalue weighted by atomic mass is 35.5. The van der Waals surface area contributed by atoms with Gasteiger partial charge in [0.1, 0.15) is 0 Å². The Hall–Kier alpha value is -2.34. The highest BCUT2D eigenvalue weighted by Crippen LogP contribution is 2.32. The third kappa shape index (κ3) is 2.98. The number of nitrogens with one attached hydrogen (secondary N) is 1. The minimum absolute atomic E-state index is 0.0199. The summed E-state index contributed by atoms with van der Waals surface area (Å²) in [4.78, 5) is 29.2. The number of hydrogen-bond acceptors (Lipinski definition) is 3. The number of aromatic amines is 1. The lowest BCUT2D eigenvalue weighted by Gasteiger charge is -2.29. The number of halogens is 1. The number of carbonyl (C=O) groups excluding carboxylic acids is 2. The largest absolute Gasteiger partial charge is 0.335 e. The number of carbonyl (C=O) groups is 2. The maximum Gasteiger partial charge on any atom is 0.232 e. The number of aromatic nitrogens is 2. The molecule has 0 aliphatic carbocycles. The number of nitrogens with zero attached hydrogens (tertiary/aromatic N) is 3. The van der Waals surface area contributed by atoms with E-state index in [0.717, 1.165) is 29.8 Å². The van der Waals surface area contributed by atoms with Gasteiger partial charge in [0, 0.05) is 24.5 Å². The molecule has 0 bridgehead atoms. The Bertz CT molecular complexity index is 832. The molecule has 6 nitrogen and oxygen atoms in total. The molecule has 1 aromatic heterocycles. The van der Waals surface area contributed by atoms with Crippen LogP contribution < -0.4 is 4.90 Å². The molecule has 7 heteroatoms. The predicted molar refractivity (Wildman–Crippen MR) is 98.9 cm³/mol.